The van der Waals surface area contributed by atoms with Crippen LogP contribution in [0.3, 0.4) is 0 Å². The summed E-state index contributed by atoms with van der Waals surface area (Å²) in [7, 11) is 3.27. The SMILES string of the molecule is C[CH2][GeH]([CH2]C)[C](=O)c1ccc(OC)cc1.C[CH2][GeH]([CH2]C)[C](=O)c1ccc(OC)cc1. The molecule has 2 aromatic rings. The quantitative estimate of drug-likeness (QED) is 0.386. The first-order valence-electron chi connectivity index (χ1n) is 10.8. The van der Waals surface area contributed by atoms with Gasteiger partial charge in [-0.2, -0.15) is 0 Å². The van der Waals surface area contributed by atoms with E-state index in [1.165, 1.54) is 0 Å². The Morgan fingerprint density at radius 3 is 1.07 bits per heavy atom. The van der Waals surface area contributed by atoms with Gasteiger partial charge in [-0.15, -0.1) is 0 Å². The van der Waals surface area contributed by atoms with Crippen molar-refractivity contribution in [1.29, 1.82) is 0 Å². The van der Waals surface area contributed by atoms with Crippen LogP contribution in [-0.2, 0) is 0 Å². The molecule has 0 aliphatic rings. The second-order valence-electron chi connectivity index (χ2n) is 7.21. The van der Waals surface area contributed by atoms with Crippen molar-refractivity contribution in [3.8, 4) is 11.5 Å². The molecular formula is C24H36Ge2O4. The molecule has 0 amide bonds. The summed E-state index contributed by atoms with van der Waals surface area (Å²) in [4.78, 5) is 24.1. The van der Waals surface area contributed by atoms with Crippen LogP contribution >= 0.6 is 0 Å². The molecule has 30 heavy (non-hydrogen) atoms. The van der Waals surface area contributed by atoms with Gasteiger partial charge in [0.15, 0.2) is 0 Å². The Balaban J connectivity index is 0.000000300. The maximum atomic E-state index is 12.0. The number of benzene rings is 2. The first kappa shape index (κ1) is 26.5. The second kappa shape index (κ2) is 14.5. The van der Waals surface area contributed by atoms with E-state index in [-0.39, 0.29) is 0 Å². The van der Waals surface area contributed by atoms with E-state index in [0.717, 1.165) is 43.6 Å². The molecule has 0 radical (unpaired) electrons. The third-order valence-electron chi connectivity index (χ3n) is 5.46. The summed E-state index contributed by atoms with van der Waals surface area (Å²) in [5, 5.41) is 4.37. The monoisotopic (exact) mass is 536 g/mol. The van der Waals surface area contributed by atoms with Gasteiger partial charge in [-0.25, -0.2) is 0 Å². The van der Waals surface area contributed by atoms with E-state index in [0.29, 0.717) is 9.23 Å². The van der Waals surface area contributed by atoms with Gasteiger partial charge in [0, 0.05) is 0 Å². The predicted molar refractivity (Wildman–Crippen MR) is 131 cm³/mol. The average Bonchev–Trinajstić information content (AvgIpc) is 2.81. The fourth-order valence-electron chi connectivity index (χ4n) is 3.30. The minimum absolute atomic E-state index is 0.426. The topological polar surface area (TPSA) is 52.6 Å². The Kier molecular flexibility index (Phi) is 12.8. The molecular weight excluding hydrogens is 497 g/mol. The van der Waals surface area contributed by atoms with Crippen molar-refractivity contribution >= 4 is 37.9 Å². The third kappa shape index (κ3) is 7.95. The van der Waals surface area contributed by atoms with Crippen LogP contribution in [0, 0.1) is 0 Å². The van der Waals surface area contributed by atoms with Crippen molar-refractivity contribution in [3.63, 3.8) is 0 Å². The fourth-order valence-corrected chi connectivity index (χ4v) is 11.6. The van der Waals surface area contributed by atoms with Crippen molar-refractivity contribution in [1.82, 2.24) is 0 Å². The summed E-state index contributed by atoms with van der Waals surface area (Å²) >= 11 is -3.39. The van der Waals surface area contributed by atoms with Gasteiger partial charge in [-0.3, -0.25) is 0 Å². The first-order valence-corrected chi connectivity index (χ1v) is 20.1. The number of carbonyl (C=O) groups is 2. The molecule has 0 aromatic heterocycles. The number of carbonyl (C=O) groups excluding carboxylic acids is 2. The van der Waals surface area contributed by atoms with Crippen molar-refractivity contribution in [2.45, 2.75) is 48.7 Å². The average molecular weight is 534 g/mol. The zero-order valence-electron chi connectivity index (χ0n) is 19.2. The third-order valence-corrected chi connectivity index (χ3v) is 18.2. The zero-order valence-corrected chi connectivity index (χ0v) is 24.1. The summed E-state index contributed by atoms with van der Waals surface area (Å²) in [6.07, 6.45) is 0. The minimum atomic E-state index is -1.70. The molecule has 0 fully saturated rings. The van der Waals surface area contributed by atoms with Crippen molar-refractivity contribution in [3.05, 3.63) is 59.7 Å². The van der Waals surface area contributed by atoms with E-state index in [4.69, 9.17) is 9.47 Å². The van der Waals surface area contributed by atoms with Crippen molar-refractivity contribution < 1.29 is 19.1 Å². The van der Waals surface area contributed by atoms with E-state index < -0.39 is 28.7 Å². The van der Waals surface area contributed by atoms with E-state index in [1.807, 2.05) is 48.5 Å². The van der Waals surface area contributed by atoms with Crippen LogP contribution in [0.1, 0.15) is 48.4 Å². The van der Waals surface area contributed by atoms with E-state index in [1.54, 1.807) is 14.2 Å². The predicted octanol–water partition coefficient (Wildman–Crippen LogP) is 5.37. The molecule has 164 valence electrons. The summed E-state index contributed by atoms with van der Waals surface area (Å²) in [6, 6.07) is 15.0. The molecule has 0 saturated carbocycles. The first-order chi connectivity index (χ1) is 14.4. The number of ether oxygens (including phenoxy) is 2. The second-order valence-corrected chi connectivity index (χ2v) is 22.1. The van der Waals surface area contributed by atoms with Crippen LogP contribution in [0.4, 0.5) is 0 Å². The van der Waals surface area contributed by atoms with Gasteiger partial charge in [0.25, 0.3) is 0 Å². The molecule has 0 unspecified atom stereocenters. The van der Waals surface area contributed by atoms with Crippen LogP contribution in [-0.4, -0.2) is 52.1 Å². The summed E-state index contributed by atoms with van der Waals surface area (Å²) in [5.74, 6) is 1.62. The molecule has 0 spiro atoms. The summed E-state index contributed by atoms with van der Waals surface area (Å²) < 4.78 is 11.0. The molecule has 6 heteroatoms. The van der Waals surface area contributed by atoms with Gasteiger partial charge in [0.2, 0.25) is 0 Å². The van der Waals surface area contributed by atoms with Gasteiger partial charge in [-0.05, 0) is 0 Å². The molecule has 0 heterocycles. The Labute approximate surface area is 190 Å². The summed E-state index contributed by atoms with van der Waals surface area (Å²) in [5.41, 5.74) is 1.73. The van der Waals surface area contributed by atoms with Crippen molar-refractivity contribution in [2.75, 3.05) is 14.2 Å². The summed E-state index contributed by atoms with van der Waals surface area (Å²) in [6.45, 7) is 8.54. The number of hydrogen-bond acceptors (Lipinski definition) is 4. The fraction of sp³-hybridized carbons (Fsp3) is 0.417. The Morgan fingerprint density at radius 2 is 0.867 bits per heavy atom. The van der Waals surface area contributed by atoms with Crippen molar-refractivity contribution in [2.24, 2.45) is 0 Å². The van der Waals surface area contributed by atoms with Crippen LogP contribution in [0.25, 0.3) is 0 Å². The standard InChI is InChI=1S/2C12H18GeO2/c2*1-4-13(5-2)12(14)10-6-8-11(15-3)9-7-10/h2*6-9,13H,4-5H2,1-3H3. The zero-order chi connectivity index (χ0) is 22.5. The molecule has 0 N–H and O–H groups in total. The number of hydrogen-bond donors (Lipinski definition) is 0. The van der Waals surface area contributed by atoms with Crippen LogP contribution in [0.2, 0.25) is 21.0 Å². The molecule has 0 atom stereocenters. The van der Waals surface area contributed by atoms with Gasteiger partial charge in [-0.1, -0.05) is 0 Å². The van der Waals surface area contributed by atoms with Crippen LogP contribution < -0.4 is 9.47 Å². The van der Waals surface area contributed by atoms with Gasteiger partial charge < -0.3 is 0 Å². The molecule has 0 aliphatic carbocycles. The Bertz CT molecular complexity index is 697. The van der Waals surface area contributed by atoms with E-state index in [9.17, 15) is 9.59 Å². The molecule has 0 saturated heterocycles. The van der Waals surface area contributed by atoms with E-state index >= 15 is 0 Å². The van der Waals surface area contributed by atoms with Crippen LogP contribution in [0.5, 0.6) is 11.5 Å². The normalized spacial score (nSPS) is 10.4. The molecule has 0 bridgehead atoms. The Hall–Kier alpha value is -1.53. The van der Waals surface area contributed by atoms with Gasteiger partial charge in [0.1, 0.15) is 0 Å². The molecule has 2 rings (SSSR count). The molecule has 0 aliphatic heterocycles. The maximum absolute atomic E-state index is 12.0. The number of methoxy groups -OCH3 is 2. The van der Waals surface area contributed by atoms with Gasteiger partial charge in [0.05, 0.1) is 0 Å². The Morgan fingerprint density at radius 1 is 0.600 bits per heavy atom. The molecule has 2 aromatic carbocycles. The number of rotatable bonds is 10. The molecule has 4 nitrogen and oxygen atoms in total. The van der Waals surface area contributed by atoms with Gasteiger partial charge >= 0.3 is 191 Å². The van der Waals surface area contributed by atoms with E-state index in [2.05, 4.69) is 27.7 Å². The van der Waals surface area contributed by atoms with Crippen LogP contribution in [0.15, 0.2) is 48.5 Å².